The second kappa shape index (κ2) is 7.15. The molecule has 0 bridgehead atoms. The van der Waals surface area contributed by atoms with E-state index >= 15 is 0 Å². The molecule has 0 radical (unpaired) electrons. The first-order valence-corrected chi connectivity index (χ1v) is 9.79. The summed E-state index contributed by atoms with van der Waals surface area (Å²) in [6.07, 6.45) is 3.40. The van der Waals surface area contributed by atoms with Gasteiger partial charge in [-0.05, 0) is 37.8 Å². The van der Waals surface area contributed by atoms with Crippen molar-refractivity contribution in [2.75, 3.05) is 18.4 Å². The predicted molar refractivity (Wildman–Crippen MR) is 98.2 cm³/mol. The average molecular weight is 373 g/mol. The van der Waals surface area contributed by atoms with E-state index in [1.54, 1.807) is 17.5 Å². The number of halogens is 1. The van der Waals surface area contributed by atoms with Gasteiger partial charge in [0.1, 0.15) is 5.82 Å². The van der Waals surface area contributed by atoms with E-state index in [1.165, 1.54) is 23.5 Å². The Morgan fingerprint density at radius 1 is 1.15 bits per heavy atom. The lowest BCUT2D eigenvalue weighted by Crippen LogP contribution is -2.42. The molecule has 1 N–H and O–H groups in total. The highest BCUT2D eigenvalue weighted by Crippen LogP contribution is 2.33. The number of amides is 2. The van der Waals surface area contributed by atoms with Gasteiger partial charge in [-0.1, -0.05) is 12.1 Å². The van der Waals surface area contributed by atoms with Gasteiger partial charge in [0, 0.05) is 35.9 Å². The molecule has 4 rings (SSSR count). The van der Waals surface area contributed by atoms with Gasteiger partial charge in [-0.25, -0.2) is 9.37 Å². The van der Waals surface area contributed by atoms with Crippen molar-refractivity contribution in [2.45, 2.75) is 25.7 Å². The van der Waals surface area contributed by atoms with E-state index in [2.05, 4.69) is 10.3 Å². The highest BCUT2D eigenvalue weighted by molar-refractivity contribution is 7.14. The second-order valence-corrected chi connectivity index (χ2v) is 7.77. The summed E-state index contributed by atoms with van der Waals surface area (Å²) in [6, 6.07) is 6.24. The number of nitrogens with zero attached hydrogens (tertiary/aromatic N) is 2. The molecule has 2 aromatic rings. The Balaban J connectivity index is 1.33. The Bertz CT molecular complexity index is 826. The molecule has 0 atom stereocenters. The minimum absolute atomic E-state index is 0.0522. The van der Waals surface area contributed by atoms with Gasteiger partial charge in [-0.2, -0.15) is 0 Å². The van der Waals surface area contributed by atoms with Crippen LogP contribution in [0, 0.1) is 17.7 Å². The van der Waals surface area contributed by atoms with Gasteiger partial charge >= 0.3 is 0 Å². The van der Waals surface area contributed by atoms with Crippen LogP contribution >= 0.6 is 11.3 Å². The lowest BCUT2D eigenvalue weighted by atomic mass is 9.95. The fourth-order valence-electron chi connectivity index (χ4n) is 3.27. The summed E-state index contributed by atoms with van der Waals surface area (Å²) < 4.78 is 13.3. The summed E-state index contributed by atoms with van der Waals surface area (Å²) in [5, 5.41) is 5.19. The van der Waals surface area contributed by atoms with E-state index in [1.807, 2.05) is 4.90 Å². The van der Waals surface area contributed by atoms with Crippen molar-refractivity contribution in [3.63, 3.8) is 0 Å². The zero-order valence-electron chi connectivity index (χ0n) is 14.3. The smallest absolute Gasteiger partial charge is 0.229 e. The molecule has 1 aliphatic heterocycles. The molecule has 2 heterocycles. The van der Waals surface area contributed by atoms with E-state index in [9.17, 15) is 14.0 Å². The number of nitrogens with one attached hydrogen (secondary N) is 1. The standard InChI is InChI=1S/C19H20FN3O2S/c20-15-3-1-2-14(10-15)16-11-26-19(21-16)22-17(24)12-6-8-23(9-7-12)18(25)13-4-5-13/h1-3,10-13H,4-9H2,(H,21,22,24). The van der Waals surface area contributed by atoms with Gasteiger partial charge in [0.15, 0.2) is 5.13 Å². The number of aromatic nitrogens is 1. The molecule has 1 aromatic carbocycles. The molecule has 1 aliphatic carbocycles. The SMILES string of the molecule is O=C(Nc1nc(-c2cccc(F)c2)cs1)C1CCN(C(=O)C2CC2)CC1. The Labute approximate surface area is 155 Å². The molecule has 1 saturated carbocycles. The number of carbonyl (C=O) groups excluding carboxylic acids is 2. The van der Waals surface area contributed by atoms with Gasteiger partial charge in [0.2, 0.25) is 11.8 Å². The number of piperidine rings is 1. The molecule has 26 heavy (non-hydrogen) atoms. The summed E-state index contributed by atoms with van der Waals surface area (Å²) in [5.74, 6) is 0.0254. The van der Waals surface area contributed by atoms with Gasteiger partial charge in [0.25, 0.3) is 0 Å². The molecular formula is C19H20FN3O2S. The minimum atomic E-state index is -0.311. The molecule has 0 unspecified atom stereocenters. The fourth-order valence-corrected chi connectivity index (χ4v) is 3.99. The number of hydrogen-bond donors (Lipinski definition) is 1. The highest BCUT2D eigenvalue weighted by atomic mass is 32.1. The maximum Gasteiger partial charge on any atom is 0.229 e. The van der Waals surface area contributed by atoms with E-state index in [-0.39, 0.29) is 29.5 Å². The van der Waals surface area contributed by atoms with Crippen molar-refractivity contribution in [3.8, 4) is 11.3 Å². The lowest BCUT2D eigenvalue weighted by Gasteiger charge is -2.31. The molecule has 136 valence electrons. The lowest BCUT2D eigenvalue weighted by molar-refractivity contribution is -0.135. The zero-order chi connectivity index (χ0) is 18.1. The summed E-state index contributed by atoms with van der Waals surface area (Å²) in [5.41, 5.74) is 1.34. The summed E-state index contributed by atoms with van der Waals surface area (Å²) in [4.78, 5) is 30.8. The van der Waals surface area contributed by atoms with Crippen molar-refractivity contribution in [1.82, 2.24) is 9.88 Å². The van der Waals surface area contributed by atoms with Crippen LogP contribution in [0.5, 0.6) is 0 Å². The predicted octanol–water partition coefficient (Wildman–Crippen LogP) is 3.54. The largest absolute Gasteiger partial charge is 0.342 e. The van der Waals surface area contributed by atoms with E-state index < -0.39 is 0 Å². The van der Waals surface area contributed by atoms with Crippen LogP contribution in [0.25, 0.3) is 11.3 Å². The quantitative estimate of drug-likeness (QED) is 0.892. The van der Waals surface area contributed by atoms with Crippen LogP contribution in [-0.4, -0.2) is 34.8 Å². The van der Waals surface area contributed by atoms with E-state index in [0.29, 0.717) is 42.3 Å². The minimum Gasteiger partial charge on any atom is -0.342 e. The maximum absolute atomic E-state index is 13.3. The van der Waals surface area contributed by atoms with E-state index in [0.717, 1.165) is 12.8 Å². The van der Waals surface area contributed by atoms with Crippen LogP contribution in [-0.2, 0) is 9.59 Å². The Morgan fingerprint density at radius 2 is 1.92 bits per heavy atom. The van der Waals surface area contributed by atoms with Crippen molar-refractivity contribution in [2.24, 2.45) is 11.8 Å². The number of anilines is 1. The average Bonchev–Trinajstić information content (AvgIpc) is 3.40. The van der Waals surface area contributed by atoms with Crippen LogP contribution in [0.15, 0.2) is 29.6 Å². The van der Waals surface area contributed by atoms with Crippen LogP contribution in [0.1, 0.15) is 25.7 Å². The first-order chi connectivity index (χ1) is 12.6. The highest BCUT2D eigenvalue weighted by Gasteiger charge is 2.36. The number of likely N-dealkylation sites (tertiary alicyclic amines) is 1. The van der Waals surface area contributed by atoms with Gasteiger partial charge in [0.05, 0.1) is 5.69 Å². The van der Waals surface area contributed by atoms with Crippen molar-refractivity contribution in [1.29, 1.82) is 0 Å². The number of thiazole rings is 1. The summed E-state index contributed by atoms with van der Waals surface area (Å²) in [6.45, 7) is 1.31. The van der Waals surface area contributed by atoms with Gasteiger partial charge < -0.3 is 10.2 Å². The number of carbonyl (C=O) groups is 2. The van der Waals surface area contributed by atoms with Crippen LogP contribution in [0.3, 0.4) is 0 Å². The normalized spacial score (nSPS) is 18.0. The molecule has 2 aliphatic rings. The van der Waals surface area contributed by atoms with Crippen molar-refractivity contribution in [3.05, 3.63) is 35.5 Å². The zero-order valence-corrected chi connectivity index (χ0v) is 15.1. The van der Waals surface area contributed by atoms with Gasteiger partial charge in [-0.3, -0.25) is 9.59 Å². The third-order valence-corrected chi connectivity index (χ3v) is 5.72. The molecule has 7 heteroatoms. The monoisotopic (exact) mass is 373 g/mol. The van der Waals surface area contributed by atoms with Gasteiger partial charge in [-0.15, -0.1) is 11.3 Å². The number of hydrogen-bond acceptors (Lipinski definition) is 4. The summed E-state index contributed by atoms with van der Waals surface area (Å²) in [7, 11) is 0. The Morgan fingerprint density at radius 3 is 2.62 bits per heavy atom. The molecule has 5 nitrogen and oxygen atoms in total. The first-order valence-electron chi connectivity index (χ1n) is 8.91. The third kappa shape index (κ3) is 3.77. The van der Waals surface area contributed by atoms with E-state index in [4.69, 9.17) is 0 Å². The molecule has 0 spiro atoms. The first kappa shape index (κ1) is 17.1. The topological polar surface area (TPSA) is 62.3 Å². The van der Waals surface area contributed by atoms with Crippen LogP contribution in [0.4, 0.5) is 9.52 Å². The van der Waals surface area contributed by atoms with Crippen molar-refractivity contribution < 1.29 is 14.0 Å². The molecule has 1 aromatic heterocycles. The maximum atomic E-state index is 13.3. The Hall–Kier alpha value is -2.28. The number of rotatable bonds is 4. The van der Waals surface area contributed by atoms with Crippen LogP contribution < -0.4 is 5.32 Å². The number of benzene rings is 1. The molecule has 2 fully saturated rings. The third-order valence-electron chi connectivity index (χ3n) is 4.96. The van der Waals surface area contributed by atoms with Crippen molar-refractivity contribution >= 4 is 28.3 Å². The van der Waals surface area contributed by atoms with Crippen LogP contribution in [0.2, 0.25) is 0 Å². The molecule has 1 saturated heterocycles. The second-order valence-electron chi connectivity index (χ2n) is 6.91. The summed E-state index contributed by atoms with van der Waals surface area (Å²) >= 11 is 1.33. The molecule has 2 amide bonds. The molecular weight excluding hydrogens is 353 g/mol. The fraction of sp³-hybridized carbons (Fsp3) is 0.421. The Kier molecular flexibility index (Phi) is 4.72.